The van der Waals surface area contributed by atoms with Crippen molar-refractivity contribution in [2.24, 2.45) is 4.99 Å². The number of aliphatic imine (C=N–C) groups is 1. The van der Waals surface area contributed by atoms with Crippen LogP contribution in [0, 0.1) is 0 Å². The SMILES string of the molecule is CCNC(=NCC(O)c1ccc(OC)cc1)N(C)Cc1csc(C(C)OC)n1. The summed E-state index contributed by atoms with van der Waals surface area (Å²) in [6, 6.07) is 7.37. The number of aliphatic hydroxyl groups excluding tert-OH is 1. The highest BCUT2D eigenvalue weighted by Crippen LogP contribution is 2.21. The molecule has 2 unspecified atom stereocenters. The average Bonchev–Trinajstić information content (AvgIpc) is 3.18. The van der Waals surface area contributed by atoms with Crippen LogP contribution in [0.25, 0.3) is 0 Å². The van der Waals surface area contributed by atoms with Crippen LogP contribution in [0.5, 0.6) is 5.75 Å². The smallest absolute Gasteiger partial charge is 0.194 e. The van der Waals surface area contributed by atoms with Crippen LogP contribution in [0.4, 0.5) is 0 Å². The molecule has 1 aromatic heterocycles. The lowest BCUT2D eigenvalue weighted by molar-refractivity contribution is 0.119. The molecule has 0 amide bonds. The molecular formula is C20H30N4O3S. The molecule has 0 aliphatic carbocycles. The molecule has 8 heteroatoms. The van der Waals surface area contributed by atoms with Gasteiger partial charge in [-0.2, -0.15) is 0 Å². The van der Waals surface area contributed by atoms with Crippen molar-refractivity contribution in [1.29, 1.82) is 0 Å². The van der Waals surface area contributed by atoms with Crippen molar-refractivity contribution in [2.75, 3.05) is 34.4 Å². The summed E-state index contributed by atoms with van der Waals surface area (Å²) in [4.78, 5) is 11.2. The largest absolute Gasteiger partial charge is 0.497 e. The van der Waals surface area contributed by atoms with Gasteiger partial charge in [-0.1, -0.05) is 12.1 Å². The van der Waals surface area contributed by atoms with Gasteiger partial charge in [0, 0.05) is 26.1 Å². The van der Waals surface area contributed by atoms with Gasteiger partial charge in [-0.3, -0.25) is 4.99 Å². The van der Waals surface area contributed by atoms with Gasteiger partial charge in [0.25, 0.3) is 0 Å². The predicted octanol–water partition coefficient (Wildman–Crippen LogP) is 2.99. The highest BCUT2D eigenvalue weighted by Gasteiger charge is 2.14. The third-order valence-corrected chi connectivity index (χ3v) is 5.34. The van der Waals surface area contributed by atoms with Crippen LogP contribution in [0.1, 0.15) is 42.3 Å². The average molecular weight is 407 g/mol. The van der Waals surface area contributed by atoms with Gasteiger partial charge in [-0.25, -0.2) is 4.98 Å². The first-order valence-corrected chi connectivity index (χ1v) is 10.1. The zero-order chi connectivity index (χ0) is 20.5. The number of methoxy groups -OCH3 is 2. The summed E-state index contributed by atoms with van der Waals surface area (Å²) in [5, 5.41) is 16.7. The van der Waals surface area contributed by atoms with Crippen LogP contribution >= 0.6 is 11.3 Å². The molecule has 0 radical (unpaired) electrons. The Kier molecular flexibility index (Phi) is 8.69. The van der Waals surface area contributed by atoms with Gasteiger partial charge in [-0.05, 0) is 31.5 Å². The number of thiazole rings is 1. The van der Waals surface area contributed by atoms with Gasteiger partial charge in [0.05, 0.1) is 32.0 Å². The van der Waals surface area contributed by atoms with Crippen LogP contribution < -0.4 is 10.1 Å². The van der Waals surface area contributed by atoms with E-state index in [0.717, 1.165) is 34.5 Å². The summed E-state index contributed by atoms with van der Waals surface area (Å²) in [7, 11) is 5.26. The van der Waals surface area contributed by atoms with E-state index in [9.17, 15) is 5.11 Å². The molecule has 2 atom stereocenters. The number of hydrogen-bond acceptors (Lipinski definition) is 6. The fraction of sp³-hybridized carbons (Fsp3) is 0.500. The fourth-order valence-corrected chi connectivity index (χ4v) is 3.42. The molecule has 0 bridgehead atoms. The minimum Gasteiger partial charge on any atom is -0.497 e. The molecule has 1 aromatic carbocycles. The lowest BCUT2D eigenvalue weighted by Crippen LogP contribution is -2.38. The number of guanidine groups is 1. The Morgan fingerprint density at radius 1 is 1.32 bits per heavy atom. The summed E-state index contributed by atoms with van der Waals surface area (Å²) in [6.45, 7) is 5.63. The van der Waals surface area contributed by atoms with E-state index in [0.29, 0.717) is 6.54 Å². The minimum absolute atomic E-state index is 0.00870. The molecule has 1 heterocycles. The van der Waals surface area contributed by atoms with Gasteiger partial charge in [0.15, 0.2) is 5.96 Å². The highest BCUT2D eigenvalue weighted by atomic mass is 32.1. The van der Waals surface area contributed by atoms with E-state index < -0.39 is 6.10 Å². The topological polar surface area (TPSA) is 79.2 Å². The Balaban J connectivity index is 2.02. The lowest BCUT2D eigenvalue weighted by Gasteiger charge is -2.22. The fourth-order valence-electron chi connectivity index (χ4n) is 2.57. The van der Waals surface area contributed by atoms with E-state index in [4.69, 9.17) is 9.47 Å². The summed E-state index contributed by atoms with van der Waals surface area (Å²) in [5.74, 6) is 1.49. The second-order valence-corrected chi connectivity index (χ2v) is 7.28. The summed E-state index contributed by atoms with van der Waals surface area (Å²) in [5.41, 5.74) is 1.77. The van der Waals surface area contributed by atoms with Crippen LogP contribution in [0.2, 0.25) is 0 Å². The van der Waals surface area contributed by atoms with Crippen molar-refractivity contribution in [1.82, 2.24) is 15.2 Å². The molecule has 0 spiro atoms. The van der Waals surface area contributed by atoms with Crippen molar-refractivity contribution in [2.45, 2.75) is 32.6 Å². The zero-order valence-corrected chi connectivity index (χ0v) is 18.0. The number of ether oxygens (including phenoxy) is 2. The Labute approximate surface area is 171 Å². The number of nitrogens with zero attached hydrogens (tertiary/aromatic N) is 3. The molecule has 0 aliphatic heterocycles. The Bertz CT molecular complexity index is 748. The third-order valence-electron chi connectivity index (χ3n) is 4.28. The summed E-state index contributed by atoms with van der Waals surface area (Å²) in [6.07, 6.45) is -0.688. The normalized spacial score (nSPS) is 13.9. The van der Waals surface area contributed by atoms with Gasteiger partial charge in [0.1, 0.15) is 16.9 Å². The van der Waals surface area contributed by atoms with E-state index >= 15 is 0 Å². The first-order valence-electron chi connectivity index (χ1n) is 9.27. The number of rotatable bonds is 9. The van der Waals surface area contributed by atoms with Crippen molar-refractivity contribution in [3.05, 3.63) is 45.9 Å². The van der Waals surface area contributed by atoms with Gasteiger partial charge in [-0.15, -0.1) is 11.3 Å². The molecule has 2 rings (SSSR count). The highest BCUT2D eigenvalue weighted by molar-refractivity contribution is 7.09. The van der Waals surface area contributed by atoms with Crippen molar-refractivity contribution >= 4 is 17.3 Å². The molecule has 0 saturated carbocycles. The first-order chi connectivity index (χ1) is 13.5. The predicted molar refractivity (Wildman–Crippen MR) is 113 cm³/mol. The number of nitrogens with one attached hydrogen (secondary N) is 1. The Morgan fingerprint density at radius 3 is 2.64 bits per heavy atom. The first kappa shape index (κ1) is 22.1. The quantitative estimate of drug-likeness (QED) is 0.492. The monoisotopic (exact) mass is 406 g/mol. The van der Waals surface area contributed by atoms with E-state index in [1.807, 2.05) is 55.4 Å². The van der Waals surface area contributed by atoms with Crippen molar-refractivity contribution < 1.29 is 14.6 Å². The maximum Gasteiger partial charge on any atom is 0.194 e. The number of benzene rings is 1. The molecule has 154 valence electrons. The maximum atomic E-state index is 10.4. The van der Waals surface area contributed by atoms with Crippen LogP contribution in [-0.2, 0) is 11.3 Å². The zero-order valence-electron chi connectivity index (χ0n) is 17.2. The lowest BCUT2D eigenvalue weighted by atomic mass is 10.1. The molecule has 7 nitrogen and oxygen atoms in total. The molecule has 0 saturated heterocycles. The van der Waals surface area contributed by atoms with Gasteiger partial charge >= 0.3 is 0 Å². The second-order valence-electron chi connectivity index (χ2n) is 6.39. The van der Waals surface area contributed by atoms with Crippen LogP contribution in [0.3, 0.4) is 0 Å². The third kappa shape index (κ3) is 6.19. The van der Waals surface area contributed by atoms with Crippen LogP contribution in [0.15, 0.2) is 34.6 Å². The molecule has 0 aliphatic rings. The minimum atomic E-state index is -0.679. The van der Waals surface area contributed by atoms with E-state index in [1.165, 1.54) is 0 Å². The molecule has 0 fully saturated rings. The number of aromatic nitrogens is 1. The molecule has 2 aromatic rings. The van der Waals surface area contributed by atoms with Crippen molar-refractivity contribution in [3.63, 3.8) is 0 Å². The number of aliphatic hydroxyl groups is 1. The van der Waals surface area contributed by atoms with E-state index in [-0.39, 0.29) is 12.6 Å². The van der Waals surface area contributed by atoms with Crippen LogP contribution in [-0.4, -0.2) is 55.3 Å². The molecule has 28 heavy (non-hydrogen) atoms. The summed E-state index contributed by atoms with van der Waals surface area (Å²) < 4.78 is 10.5. The maximum absolute atomic E-state index is 10.4. The standard InChI is InChI=1S/C20H30N4O3S/c1-6-21-20(22-11-18(25)15-7-9-17(27-5)10-8-15)24(3)12-16-13-28-19(23-16)14(2)26-4/h7-10,13-14,18,25H,6,11-12H2,1-5H3,(H,21,22). The van der Waals surface area contributed by atoms with Crippen molar-refractivity contribution in [3.8, 4) is 5.75 Å². The molecule has 2 N–H and O–H groups in total. The summed E-state index contributed by atoms with van der Waals surface area (Å²) >= 11 is 1.59. The van der Waals surface area contributed by atoms with Gasteiger partial charge in [0.2, 0.25) is 0 Å². The van der Waals surface area contributed by atoms with Gasteiger partial charge < -0.3 is 24.8 Å². The molecular weight excluding hydrogens is 376 g/mol. The van der Waals surface area contributed by atoms with E-state index in [2.05, 4.69) is 15.3 Å². The Morgan fingerprint density at radius 2 is 2.04 bits per heavy atom. The second kappa shape index (κ2) is 11.0. The number of hydrogen-bond donors (Lipinski definition) is 2. The Hall–Kier alpha value is -2.16. The van der Waals surface area contributed by atoms with E-state index in [1.54, 1.807) is 25.6 Å².